The molecule has 0 bridgehead atoms. The van der Waals surface area contributed by atoms with E-state index in [1.165, 1.54) is 12.1 Å². The van der Waals surface area contributed by atoms with Crippen LogP contribution in [0.15, 0.2) is 24.3 Å². The van der Waals surface area contributed by atoms with Gasteiger partial charge in [-0.2, -0.15) is 0 Å². The van der Waals surface area contributed by atoms with E-state index in [-0.39, 0.29) is 11.7 Å². The molecule has 1 aliphatic heterocycles. The summed E-state index contributed by atoms with van der Waals surface area (Å²) in [6, 6.07) is 6.46. The van der Waals surface area contributed by atoms with E-state index in [1.54, 1.807) is 12.1 Å². The Morgan fingerprint density at radius 2 is 2.00 bits per heavy atom. The molecule has 1 amide bonds. The summed E-state index contributed by atoms with van der Waals surface area (Å²) in [4.78, 5) is 24.1. The average Bonchev–Trinajstić information content (AvgIpc) is 2.85. The molecular weight excluding hydrogens is 286 g/mol. The van der Waals surface area contributed by atoms with Crippen molar-refractivity contribution in [3.8, 4) is 0 Å². The number of rotatable bonds is 3. The number of non-ortho nitro benzene ring substituents is 1. The van der Waals surface area contributed by atoms with E-state index in [0.29, 0.717) is 6.54 Å². The van der Waals surface area contributed by atoms with Gasteiger partial charge < -0.3 is 15.0 Å². The SMILES string of the molecule is CC(C)(C)OC(=O)N[C@@H]1CCN(c2ccc([N+](=O)[O-])cc2)C1. The zero-order valence-corrected chi connectivity index (χ0v) is 13.0. The number of carbonyl (C=O) groups is 1. The number of carbonyl (C=O) groups excluding carboxylic acids is 1. The molecular formula is C15H21N3O4. The van der Waals surface area contributed by atoms with Gasteiger partial charge in [0, 0.05) is 30.9 Å². The second-order valence-electron chi connectivity index (χ2n) is 6.35. The van der Waals surface area contributed by atoms with Crippen molar-refractivity contribution in [2.24, 2.45) is 0 Å². The van der Waals surface area contributed by atoms with Crippen LogP contribution in [-0.2, 0) is 4.74 Å². The Kier molecular flexibility index (Phi) is 4.54. The standard InChI is InChI=1S/C15H21N3O4/c1-15(2,3)22-14(19)16-11-8-9-17(10-11)12-4-6-13(7-5-12)18(20)21/h4-7,11H,8-10H2,1-3H3,(H,16,19)/t11-/m1/s1. The zero-order valence-electron chi connectivity index (χ0n) is 13.0. The van der Waals surface area contributed by atoms with Crippen LogP contribution >= 0.6 is 0 Å². The number of benzene rings is 1. The summed E-state index contributed by atoms with van der Waals surface area (Å²) in [7, 11) is 0. The summed E-state index contributed by atoms with van der Waals surface area (Å²) in [5.74, 6) is 0. The Morgan fingerprint density at radius 3 is 2.55 bits per heavy atom. The number of anilines is 1. The van der Waals surface area contributed by atoms with Crippen LogP contribution in [0.4, 0.5) is 16.2 Å². The molecule has 120 valence electrons. The van der Waals surface area contributed by atoms with Crippen molar-refractivity contribution in [3.05, 3.63) is 34.4 Å². The van der Waals surface area contributed by atoms with Crippen LogP contribution in [0.25, 0.3) is 0 Å². The highest BCUT2D eigenvalue weighted by Gasteiger charge is 2.26. The Morgan fingerprint density at radius 1 is 1.36 bits per heavy atom. The second-order valence-corrected chi connectivity index (χ2v) is 6.35. The third-order valence-electron chi connectivity index (χ3n) is 3.33. The van der Waals surface area contributed by atoms with Crippen molar-refractivity contribution in [2.45, 2.75) is 38.8 Å². The van der Waals surface area contributed by atoms with Gasteiger partial charge in [-0.1, -0.05) is 0 Å². The largest absolute Gasteiger partial charge is 0.444 e. The molecule has 1 heterocycles. The van der Waals surface area contributed by atoms with Crippen molar-refractivity contribution in [1.29, 1.82) is 0 Å². The second kappa shape index (κ2) is 6.21. The summed E-state index contributed by atoms with van der Waals surface area (Å²) in [6.07, 6.45) is 0.402. The van der Waals surface area contributed by atoms with E-state index in [0.717, 1.165) is 18.7 Å². The minimum absolute atomic E-state index is 0.0186. The third kappa shape index (κ3) is 4.34. The molecule has 0 saturated carbocycles. The third-order valence-corrected chi connectivity index (χ3v) is 3.33. The molecule has 2 rings (SSSR count). The van der Waals surface area contributed by atoms with Gasteiger partial charge in [-0.15, -0.1) is 0 Å². The van der Waals surface area contributed by atoms with Gasteiger partial charge in [-0.25, -0.2) is 4.79 Å². The number of nitrogens with zero attached hydrogens (tertiary/aromatic N) is 2. The lowest BCUT2D eigenvalue weighted by atomic mass is 10.2. The molecule has 7 nitrogen and oxygen atoms in total. The maximum Gasteiger partial charge on any atom is 0.407 e. The summed E-state index contributed by atoms with van der Waals surface area (Å²) >= 11 is 0. The van der Waals surface area contributed by atoms with E-state index >= 15 is 0 Å². The van der Waals surface area contributed by atoms with E-state index in [1.807, 2.05) is 20.8 Å². The maximum absolute atomic E-state index is 11.8. The monoisotopic (exact) mass is 307 g/mol. The lowest BCUT2D eigenvalue weighted by Crippen LogP contribution is -2.40. The number of hydrogen-bond acceptors (Lipinski definition) is 5. The number of hydrogen-bond donors (Lipinski definition) is 1. The first-order valence-corrected chi connectivity index (χ1v) is 7.23. The lowest BCUT2D eigenvalue weighted by Gasteiger charge is -2.22. The number of nitro groups is 1. The van der Waals surface area contributed by atoms with E-state index in [9.17, 15) is 14.9 Å². The van der Waals surface area contributed by atoms with Gasteiger partial charge in [-0.05, 0) is 39.3 Å². The molecule has 1 N–H and O–H groups in total. The number of amides is 1. The van der Waals surface area contributed by atoms with Gasteiger partial charge in [0.2, 0.25) is 0 Å². The highest BCUT2D eigenvalue weighted by molar-refractivity contribution is 5.68. The molecule has 0 unspecified atom stereocenters. The van der Waals surface area contributed by atoms with Crippen molar-refractivity contribution in [2.75, 3.05) is 18.0 Å². The Hall–Kier alpha value is -2.31. The topological polar surface area (TPSA) is 84.7 Å². The molecule has 1 saturated heterocycles. The van der Waals surface area contributed by atoms with Gasteiger partial charge in [0.25, 0.3) is 5.69 Å². The van der Waals surface area contributed by atoms with Gasteiger partial charge >= 0.3 is 6.09 Å². The first kappa shape index (κ1) is 16.1. The van der Waals surface area contributed by atoms with Crippen LogP contribution in [0.3, 0.4) is 0 Å². The summed E-state index contributed by atoms with van der Waals surface area (Å²) in [6.45, 7) is 6.93. The van der Waals surface area contributed by atoms with Crippen molar-refractivity contribution in [1.82, 2.24) is 5.32 Å². The fourth-order valence-electron chi connectivity index (χ4n) is 2.37. The molecule has 1 atom stereocenters. The minimum atomic E-state index is -0.513. The molecule has 1 aromatic rings. The molecule has 0 aliphatic carbocycles. The number of ether oxygens (including phenoxy) is 1. The predicted molar refractivity (Wildman–Crippen MR) is 83.1 cm³/mol. The van der Waals surface area contributed by atoms with Gasteiger partial charge in [-0.3, -0.25) is 10.1 Å². The van der Waals surface area contributed by atoms with Gasteiger partial charge in [0.05, 0.1) is 11.0 Å². The highest BCUT2D eigenvalue weighted by Crippen LogP contribution is 2.23. The summed E-state index contributed by atoms with van der Waals surface area (Å²) in [5.41, 5.74) is 0.478. The van der Waals surface area contributed by atoms with Crippen LogP contribution < -0.4 is 10.2 Å². The zero-order chi connectivity index (χ0) is 16.3. The van der Waals surface area contributed by atoms with Gasteiger partial charge in [0.1, 0.15) is 5.60 Å². The number of nitrogens with one attached hydrogen (secondary N) is 1. The number of nitro benzene ring substituents is 1. The first-order chi connectivity index (χ1) is 10.2. The first-order valence-electron chi connectivity index (χ1n) is 7.23. The van der Waals surface area contributed by atoms with Crippen molar-refractivity contribution < 1.29 is 14.5 Å². The summed E-state index contributed by atoms with van der Waals surface area (Å²) < 4.78 is 5.24. The quantitative estimate of drug-likeness (QED) is 0.685. The van der Waals surface area contributed by atoms with Crippen LogP contribution in [0.5, 0.6) is 0 Å². The Bertz CT molecular complexity index is 551. The summed E-state index contributed by atoms with van der Waals surface area (Å²) in [5, 5.41) is 13.5. The molecule has 1 aliphatic rings. The fraction of sp³-hybridized carbons (Fsp3) is 0.533. The average molecular weight is 307 g/mol. The molecule has 0 spiro atoms. The maximum atomic E-state index is 11.8. The van der Waals surface area contributed by atoms with E-state index in [4.69, 9.17) is 4.74 Å². The fourth-order valence-corrected chi connectivity index (χ4v) is 2.37. The van der Waals surface area contributed by atoms with Gasteiger partial charge in [0.15, 0.2) is 0 Å². The van der Waals surface area contributed by atoms with Crippen LogP contribution in [0, 0.1) is 10.1 Å². The van der Waals surface area contributed by atoms with Crippen LogP contribution in [0.1, 0.15) is 27.2 Å². The predicted octanol–water partition coefficient (Wildman–Crippen LogP) is 2.70. The lowest BCUT2D eigenvalue weighted by molar-refractivity contribution is -0.384. The van der Waals surface area contributed by atoms with Crippen molar-refractivity contribution >= 4 is 17.5 Å². The normalized spacial score (nSPS) is 18.1. The molecule has 0 radical (unpaired) electrons. The van der Waals surface area contributed by atoms with Crippen molar-refractivity contribution in [3.63, 3.8) is 0 Å². The Labute approximate surface area is 129 Å². The van der Waals surface area contributed by atoms with Crippen LogP contribution in [0.2, 0.25) is 0 Å². The molecule has 7 heteroatoms. The molecule has 0 aromatic heterocycles. The van der Waals surface area contributed by atoms with E-state index < -0.39 is 16.6 Å². The molecule has 22 heavy (non-hydrogen) atoms. The molecule has 1 aromatic carbocycles. The smallest absolute Gasteiger partial charge is 0.407 e. The molecule has 1 fully saturated rings. The minimum Gasteiger partial charge on any atom is -0.444 e. The Balaban J connectivity index is 1.89. The van der Waals surface area contributed by atoms with E-state index in [2.05, 4.69) is 10.2 Å². The number of alkyl carbamates (subject to hydrolysis) is 1. The highest BCUT2D eigenvalue weighted by atomic mass is 16.6. The van der Waals surface area contributed by atoms with Crippen LogP contribution in [-0.4, -0.2) is 35.7 Å².